The Hall–Kier alpha value is -1.31. The van der Waals surface area contributed by atoms with E-state index in [-0.39, 0.29) is 5.91 Å². The molecule has 0 saturated carbocycles. The number of nitrogens with zero attached hydrogens (tertiary/aromatic N) is 2. The summed E-state index contributed by atoms with van der Waals surface area (Å²) in [4.78, 5) is 18.9. The van der Waals surface area contributed by atoms with Crippen LogP contribution in [0.15, 0.2) is 46.3 Å². The molecule has 0 aliphatic carbocycles. The maximum atomic E-state index is 12.8. The summed E-state index contributed by atoms with van der Waals surface area (Å²) in [5, 5.41) is 1.64. The van der Waals surface area contributed by atoms with Gasteiger partial charge in [-0.1, -0.05) is 48.4 Å². The van der Waals surface area contributed by atoms with Crippen LogP contribution in [0.1, 0.15) is 31.1 Å². The number of thioether (sulfide) groups is 1. The molecule has 4 nitrogen and oxygen atoms in total. The van der Waals surface area contributed by atoms with E-state index in [0.29, 0.717) is 45.4 Å². The number of carbonyl (C=O) groups excluding carboxylic acids is 1. The number of hydrogen-bond acceptors (Lipinski definition) is 4. The van der Waals surface area contributed by atoms with Crippen molar-refractivity contribution in [3.8, 4) is 0 Å². The van der Waals surface area contributed by atoms with Gasteiger partial charge in [-0.25, -0.2) is 0 Å². The standard InChI is InChI=1S/C21H22Cl2N2O2S2/c1-4-27-12-11-25-18-16(22)9-10-17(23)19(18)29-21(25)24-20(26)14-5-7-15(8-6-14)28-13(2)3/h5-10,13H,4,11-12H2,1-3H3. The highest BCUT2D eigenvalue weighted by Crippen LogP contribution is 2.32. The first-order chi connectivity index (χ1) is 13.9. The second-order valence-corrected chi connectivity index (χ2v) is 9.99. The van der Waals surface area contributed by atoms with Gasteiger partial charge in [0.15, 0.2) is 4.80 Å². The lowest BCUT2D eigenvalue weighted by Gasteiger charge is -2.07. The Morgan fingerprint density at radius 3 is 2.52 bits per heavy atom. The van der Waals surface area contributed by atoms with E-state index in [1.165, 1.54) is 11.3 Å². The fourth-order valence-electron chi connectivity index (χ4n) is 2.80. The van der Waals surface area contributed by atoms with Gasteiger partial charge in [-0.3, -0.25) is 4.79 Å². The number of thiazole rings is 1. The van der Waals surface area contributed by atoms with Crippen LogP contribution in [0.2, 0.25) is 10.0 Å². The summed E-state index contributed by atoms with van der Waals surface area (Å²) < 4.78 is 8.21. The number of hydrogen-bond donors (Lipinski definition) is 0. The number of halogens is 2. The van der Waals surface area contributed by atoms with E-state index >= 15 is 0 Å². The van der Waals surface area contributed by atoms with Gasteiger partial charge in [0.2, 0.25) is 0 Å². The second-order valence-electron chi connectivity index (χ2n) is 6.55. The molecule has 0 bridgehead atoms. The third kappa shape index (κ3) is 5.44. The predicted molar refractivity (Wildman–Crippen MR) is 124 cm³/mol. The summed E-state index contributed by atoms with van der Waals surface area (Å²) in [5.74, 6) is -0.296. The molecule has 1 aromatic heterocycles. The maximum absolute atomic E-state index is 12.8. The summed E-state index contributed by atoms with van der Waals surface area (Å²) in [5.41, 5.74) is 1.32. The second kappa shape index (κ2) is 10.1. The van der Waals surface area contributed by atoms with Crippen molar-refractivity contribution < 1.29 is 9.53 Å². The van der Waals surface area contributed by atoms with Gasteiger partial charge in [0, 0.05) is 28.9 Å². The minimum Gasteiger partial charge on any atom is -0.380 e. The highest BCUT2D eigenvalue weighted by atomic mass is 35.5. The third-order valence-corrected chi connectivity index (χ3v) is 6.92. The first-order valence-corrected chi connectivity index (χ1v) is 11.8. The van der Waals surface area contributed by atoms with Gasteiger partial charge in [0.25, 0.3) is 5.91 Å². The molecule has 0 fully saturated rings. The summed E-state index contributed by atoms with van der Waals surface area (Å²) >= 11 is 15.9. The van der Waals surface area contributed by atoms with Crippen molar-refractivity contribution in [3.05, 3.63) is 56.8 Å². The number of benzene rings is 2. The number of aromatic nitrogens is 1. The number of amides is 1. The van der Waals surface area contributed by atoms with Crippen molar-refractivity contribution in [3.63, 3.8) is 0 Å². The van der Waals surface area contributed by atoms with E-state index in [9.17, 15) is 4.79 Å². The molecule has 1 heterocycles. The van der Waals surface area contributed by atoms with E-state index in [1.54, 1.807) is 23.9 Å². The van der Waals surface area contributed by atoms with Crippen molar-refractivity contribution in [1.82, 2.24) is 4.57 Å². The quantitative estimate of drug-likeness (QED) is 0.302. The van der Waals surface area contributed by atoms with Gasteiger partial charge in [0.1, 0.15) is 0 Å². The molecule has 3 aromatic rings. The molecule has 3 rings (SSSR count). The van der Waals surface area contributed by atoms with Crippen molar-refractivity contribution in [2.24, 2.45) is 4.99 Å². The fourth-order valence-corrected chi connectivity index (χ4v) is 5.31. The molecular weight excluding hydrogens is 447 g/mol. The third-order valence-electron chi connectivity index (χ3n) is 4.06. The van der Waals surface area contributed by atoms with Crippen LogP contribution in [-0.4, -0.2) is 28.9 Å². The summed E-state index contributed by atoms with van der Waals surface area (Å²) in [6.07, 6.45) is 0. The van der Waals surface area contributed by atoms with Gasteiger partial charge in [-0.2, -0.15) is 4.99 Å². The molecule has 154 valence electrons. The predicted octanol–water partition coefficient (Wildman–Crippen LogP) is 6.29. The van der Waals surface area contributed by atoms with Gasteiger partial charge in [-0.15, -0.1) is 11.8 Å². The zero-order valence-electron chi connectivity index (χ0n) is 16.4. The van der Waals surface area contributed by atoms with Crippen LogP contribution in [0, 0.1) is 0 Å². The Bertz CT molecular complexity index is 1070. The van der Waals surface area contributed by atoms with E-state index in [2.05, 4.69) is 18.8 Å². The van der Waals surface area contributed by atoms with Crippen molar-refractivity contribution in [1.29, 1.82) is 0 Å². The first-order valence-electron chi connectivity index (χ1n) is 9.31. The van der Waals surface area contributed by atoms with Crippen LogP contribution >= 0.6 is 46.3 Å². The molecule has 29 heavy (non-hydrogen) atoms. The summed E-state index contributed by atoms with van der Waals surface area (Å²) in [6.45, 7) is 7.85. The Labute approximate surface area is 188 Å². The highest BCUT2D eigenvalue weighted by molar-refractivity contribution is 7.99. The van der Waals surface area contributed by atoms with Crippen LogP contribution < -0.4 is 4.80 Å². The monoisotopic (exact) mass is 468 g/mol. The molecule has 0 atom stereocenters. The molecule has 0 spiro atoms. The van der Waals surface area contributed by atoms with Crippen LogP contribution in [0.3, 0.4) is 0 Å². The van der Waals surface area contributed by atoms with Crippen LogP contribution in [0.5, 0.6) is 0 Å². The van der Waals surface area contributed by atoms with E-state index in [1.807, 2.05) is 35.8 Å². The average Bonchev–Trinajstić information content (AvgIpc) is 3.04. The van der Waals surface area contributed by atoms with Crippen LogP contribution in [0.4, 0.5) is 0 Å². The highest BCUT2D eigenvalue weighted by Gasteiger charge is 2.14. The molecule has 8 heteroatoms. The lowest BCUT2D eigenvalue weighted by Crippen LogP contribution is -2.20. The number of fused-ring (bicyclic) bond motifs is 1. The summed E-state index contributed by atoms with van der Waals surface area (Å²) in [6, 6.07) is 11.0. The molecule has 0 saturated heterocycles. The maximum Gasteiger partial charge on any atom is 0.279 e. The lowest BCUT2D eigenvalue weighted by atomic mass is 10.2. The normalized spacial score (nSPS) is 12.3. The first kappa shape index (κ1) is 22.4. The number of carbonyl (C=O) groups is 1. The van der Waals surface area contributed by atoms with Gasteiger partial charge < -0.3 is 9.30 Å². The lowest BCUT2D eigenvalue weighted by molar-refractivity contribution is 0.0996. The zero-order valence-corrected chi connectivity index (χ0v) is 19.6. The Morgan fingerprint density at radius 1 is 1.17 bits per heavy atom. The molecule has 0 radical (unpaired) electrons. The van der Waals surface area contributed by atoms with Gasteiger partial charge >= 0.3 is 0 Å². The molecule has 0 aliphatic heterocycles. The number of ether oxygens (including phenoxy) is 1. The fraction of sp³-hybridized carbons (Fsp3) is 0.333. The van der Waals surface area contributed by atoms with E-state index < -0.39 is 0 Å². The topological polar surface area (TPSA) is 43.6 Å². The number of rotatable bonds is 7. The van der Waals surface area contributed by atoms with E-state index in [0.717, 1.165) is 15.1 Å². The Morgan fingerprint density at radius 2 is 1.86 bits per heavy atom. The average molecular weight is 469 g/mol. The smallest absolute Gasteiger partial charge is 0.279 e. The van der Waals surface area contributed by atoms with Gasteiger partial charge in [-0.05, 0) is 43.3 Å². The SMILES string of the molecule is CCOCCn1c(=NC(=O)c2ccc(SC(C)C)cc2)sc2c(Cl)ccc(Cl)c21. The molecule has 0 N–H and O–H groups in total. The van der Waals surface area contributed by atoms with Crippen molar-refractivity contribution >= 4 is 62.4 Å². The molecule has 1 amide bonds. The Balaban J connectivity index is 2.01. The molecular formula is C21H22Cl2N2O2S2. The summed E-state index contributed by atoms with van der Waals surface area (Å²) in [7, 11) is 0. The van der Waals surface area contributed by atoms with Crippen molar-refractivity contribution in [2.75, 3.05) is 13.2 Å². The van der Waals surface area contributed by atoms with Crippen LogP contribution in [0.25, 0.3) is 10.2 Å². The largest absolute Gasteiger partial charge is 0.380 e. The van der Waals surface area contributed by atoms with Gasteiger partial charge in [0.05, 0.1) is 26.9 Å². The van der Waals surface area contributed by atoms with Crippen LogP contribution in [-0.2, 0) is 11.3 Å². The van der Waals surface area contributed by atoms with E-state index in [4.69, 9.17) is 27.9 Å². The van der Waals surface area contributed by atoms with Crippen molar-refractivity contribution in [2.45, 2.75) is 37.5 Å². The molecule has 2 aromatic carbocycles. The molecule has 0 aliphatic rings. The zero-order chi connectivity index (χ0) is 21.0. The molecule has 0 unspecified atom stereocenters. The Kier molecular flexibility index (Phi) is 7.82. The minimum atomic E-state index is -0.296. The minimum absolute atomic E-state index is 0.296.